The highest BCUT2D eigenvalue weighted by Crippen LogP contribution is 2.17. The maximum absolute atomic E-state index is 11.8. The molecule has 0 aromatic rings. The highest BCUT2D eigenvalue weighted by atomic mass is 32.2. The van der Waals surface area contributed by atoms with Crippen LogP contribution < -0.4 is 10.6 Å². The van der Waals surface area contributed by atoms with E-state index in [2.05, 4.69) is 22.5 Å². The number of hydrogen-bond donors (Lipinski definition) is 2. The van der Waals surface area contributed by atoms with Crippen molar-refractivity contribution in [3.05, 3.63) is 0 Å². The molecule has 110 valence electrons. The molecule has 2 saturated heterocycles. The Morgan fingerprint density at radius 1 is 1.42 bits per heavy atom. The smallest absolute Gasteiger partial charge is 0.315 e. The van der Waals surface area contributed by atoms with E-state index in [4.69, 9.17) is 0 Å². The van der Waals surface area contributed by atoms with Gasteiger partial charge in [-0.2, -0.15) is 11.8 Å². The van der Waals surface area contributed by atoms with Gasteiger partial charge in [0, 0.05) is 24.9 Å². The number of nitrogens with zero attached hydrogens (tertiary/aromatic N) is 1. The van der Waals surface area contributed by atoms with Crippen molar-refractivity contribution >= 4 is 17.8 Å². The minimum absolute atomic E-state index is 0.0291. The van der Waals surface area contributed by atoms with E-state index in [0.717, 1.165) is 25.3 Å². The van der Waals surface area contributed by atoms with E-state index in [-0.39, 0.29) is 6.03 Å². The van der Waals surface area contributed by atoms with Crippen LogP contribution in [0.3, 0.4) is 0 Å². The third-order valence-electron chi connectivity index (χ3n) is 3.96. The van der Waals surface area contributed by atoms with Gasteiger partial charge in [-0.15, -0.1) is 0 Å². The molecule has 0 spiro atoms. The lowest BCUT2D eigenvalue weighted by Crippen LogP contribution is -2.45. The van der Waals surface area contributed by atoms with Gasteiger partial charge in [0.2, 0.25) is 0 Å². The van der Waals surface area contributed by atoms with Crippen molar-refractivity contribution in [2.24, 2.45) is 5.92 Å². The Bertz CT molecular complexity index is 282. The predicted molar refractivity (Wildman–Crippen MR) is 81.7 cm³/mol. The molecule has 2 rings (SSSR count). The van der Waals surface area contributed by atoms with E-state index in [1.807, 2.05) is 11.8 Å². The first kappa shape index (κ1) is 15.0. The summed E-state index contributed by atoms with van der Waals surface area (Å²) in [6.07, 6.45) is 4.80. The van der Waals surface area contributed by atoms with Crippen molar-refractivity contribution in [1.29, 1.82) is 0 Å². The molecular weight excluding hydrogens is 258 g/mol. The molecule has 0 bridgehead atoms. The first-order valence-corrected chi connectivity index (χ1v) is 8.78. The summed E-state index contributed by atoms with van der Waals surface area (Å²) in [4.78, 5) is 14.3. The average Bonchev–Trinajstić information content (AvgIpc) is 2.86. The number of hydrogen-bond acceptors (Lipinski definition) is 3. The summed E-state index contributed by atoms with van der Waals surface area (Å²) < 4.78 is 0. The molecule has 2 heterocycles. The quantitative estimate of drug-likeness (QED) is 0.811. The number of carbonyl (C=O) groups is 1. The van der Waals surface area contributed by atoms with Crippen molar-refractivity contribution in [2.45, 2.75) is 38.6 Å². The van der Waals surface area contributed by atoms with E-state index >= 15 is 0 Å². The fraction of sp³-hybridized carbons (Fsp3) is 0.929. The highest BCUT2D eigenvalue weighted by Gasteiger charge is 2.22. The molecule has 0 radical (unpaired) electrons. The minimum atomic E-state index is 0.0291. The molecule has 4 nitrogen and oxygen atoms in total. The monoisotopic (exact) mass is 285 g/mol. The zero-order valence-corrected chi connectivity index (χ0v) is 12.8. The Kier molecular flexibility index (Phi) is 6.31. The van der Waals surface area contributed by atoms with Gasteiger partial charge in [-0.25, -0.2) is 4.79 Å². The average molecular weight is 285 g/mol. The van der Waals surface area contributed by atoms with Crippen LogP contribution in [0.4, 0.5) is 4.79 Å². The fourth-order valence-electron chi connectivity index (χ4n) is 2.93. The maximum atomic E-state index is 11.8. The largest absolute Gasteiger partial charge is 0.338 e. The Balaban J connectivity index is 1.58. The predicted octanol–water partition coefficient (Wildman–Crippen LogP) is 1.91. The van der Waals surface area contributed by atoms with Crippen LogP contribution in [0.15, 0.2) is 0 Å². The van der Waals surface area contributed by atoms with Gasteiger partial charge >= 0.3 is 6.03 Å². The van der Waals surface area contributed by atoms with Crippen LogP contribution in [0.1, 0.15) is 32.6 Å². The van der Waals surface area contributed by atoms with Crippen molar-refractivity contribution < 1.29 is 4.79 Å². The number of rotatable bonds is 5. The zero-order chi connectivity index (χ0) is 13.5. The zero-order valence-electron chi connectivity index (χ0n) is 12.0. The summed E-state index contributed by atoms with van der Waals surface area (Å²) in [5.74, 6) is 2.95. The van der Waals surface area contributed by atoms with Gasteiger partial charge in [0.15, 0.2) is 0 Å². The van der Waals surface area contributed by atoms with Crippen molar-refractivity contribution in [3.63, 3.8) is 0 Å². The Hall–Kier alpha value is -0.420. The number of nitrogens with one attached hydrogen (secondary N) is 2. The summed E-state index contributed by atoms with van der Waals surface area (Å²) in [6, 6.07) is 0.403. The lowest BCUT2D eigenvalue weighted by molar-refractivity contribution is 0.235. The first-order valence-electron chi connectivity index (χ1n) is 7.62. The van der Waals surface area contributed by atoms with E-state index in [0.29, 0.717) is 12.0 Å². The lowest BCUT2D eigenvalue weighted by Gasteiger charge is -2.23. The SMILES string of the molecule is CCCN1CC[C@@H](CNC(=O)N[C@@H]2CCCSC2)C1. The van der Waals surface area contributed by atoms with Crippen LogP contribution in [-0.2, 0) is 0 Å². The Labute approximate surface area is 121 Å². The number of amides is 2. The molecule has 0 aliphatic carbocycles. The number of urea groups is 1. The van der Waals surface area contributed by atoms with Gasteiger partial charge in [-0.1, -0.05) is 6.92 Å². The van der Waals surface area contributed by atoms with Gasteiger partial charge in [-0.05, 0) is 50.4 Å². The second-order valence-electron chi connectivity index (χ2n) is 5.72. The molecule has 5 heteroatoms. The topological polar surface area (TPSA) is 44.4 Å². The van der Waals surface area contributed by atoms with Crippen molar-refractivity contribution in [1.82, 2.24) is 15.5 Å². The standard InChI is InChI=1S/C14H27N3OS/c1-2-6-17-7-5-12(10-17)9-15-14(18)16-13-4-3-8-19-11-13/h12-13H,2-11H2,1H3,(H2,15,16,18)/t12-,13+/m0/s1. The highest BCUT2D eigenvalue weighted by molar-refractivity contribution is 7.99. The Morgan fingerprint density at radius 2 is 2.32 bits per heavy atom. The molecule has 0 unspecified atom stereocenters. The summed E-state index contributed by atoms with van der Waals surface area (Å²) in [5, 5.41) is 6.14. The van der Waals surface area contributed by atoms with E-state index in [9.17, 15) is 4.79 Å². The van der Waals surface area contributed by atoms with Crippen molar-refractivity contribution in [2.75, 3.05) is 37.7 Å². The first-order chi connectivity index (χ1) is 9.28. The third kappa shape index (κ3) is 5.22. The normalized spacial score (nSPS) is 28.3. The van der Waals surface area contributed by atoms with Crippen LogP contribution in [0, 0.1) is 5.92 Å². The number of likely N-dealkylation sites (tertiary alicyclic amines) is 1. The Morgan fingerprint density at radius 3 is 3.05 bits per heavy atom. The molecule has 0 aromatic carbocycles. The fourth-order valence-corrected chi connectivity index (χ4v) is 4.00. The molecule has 2 fully saturated rings. The van der Waals surface area contributed by atoms with Crippen LogP contribution in [0.5, 0.6) is 0 Å². The maximum Gasteiger partial charge on any atom is 0.315 e. The minimum Gasteiger partial charge on any atom is -0.338 e. The van der Waals surface area contributed by atoms with Crippen LogP contribution in [-0.4, -0.2) is 54.7 Å². The van der Waals surface area contributed by atoms with Crippen LogP contribution >= 0.6 is 11.8 Å². The number of thioether (sulfide) groups is 1. The van der Waals surface area contributed by atoms with E-state index < -0.39 is 0 Å². The van der Waals surface area contributed by atoms with Gasteiger partial charge in [0.25, 0.3) is 0 Å². The molecule has 2 aliphatic heterocycles. The molecule has 0 aromatic heterocycles. The molecular formula is C14H27N3OS. The lowest BCUT2D eigenvalue weighted by atomic mass is 10.1. The van der Waals surface area contributed by atoms with E-state index in [1.54, 1.807) is 0 Å². The van der Waals surface area contributed by atoms with Gasteiger partial charge in [-0.3, -0.25) is 0 Å². The molecule has 2 N–H and O–H groups in total. The van der Waals surface area contributed by atoms with Crippen LogP contribution in [0.25, 0.3) is 0 Å². The summed E-state index contributed by atoms with van der Waals surface area (Å²) in [6.45, 7) is 6.59. The second-order valence-corrected chi connectivity index (χ2v) is 6.87. The molecule has 2 amide bonds. The van der Waals surface area contributed by atoms with E-state index in [1.165, 1.54) is 38.1 Å². The molecule has 2 atom stereocenters. The number of carbonyl (C=O) groups excluding carboxylic acids is 1. The molecule has 2 aliphatic rings. The van der Waals surface area contributed by atoms with Gasteiger partial charge < -0.3 is 15.5 Å². The summed E-state index contributed by atoms with van der Waals surface area (Å²) in [7, 11) is 0. The van der Waals surface area contributed by atoms with Gasteiger partial charge in [0.05, 0.1) is 0 Å². The second kappa shape index (κ2) is 8.00. The third-order valence-corrected chi connectivity index (χ3v) is 5.17. The molecule has 0 saturated carbocycles. The van der Waals surface area contributed by atoms with Gasteiger partial charge in [0.1, 0.15) is 0 Å². The molecule has 19 heavy (non-hydrogen) atoms. The van der Waals surface area contributed by atoms with Crippen molar-refractivity contribution in [3.8, 4) is 0 Å². The van der Waals surface area contributed by atoms with Crippen LogP contribution in [0.2, 0.25) is 0 Å². The summed E-state index contributed by atoms with van der Waals surface area (Å²) >= 11 is 1.94. The summed E-state index contributed by atoms with van der Waals surface area (Å²) in [5.41, 5.74) is 0.